The first kappa shape index (κ1) is 27.9. The molecule has 1 amide bonds. The molecule has 0 saturated heterocycles. The molecule has 34 heavy (non-hydrogen) atoms. The molecule has 0 radical (unpaired) electrons. The van der Waals surface area contributed by atoms with Gasteiger partial charge in [-0.15, -0.1) is 0 Å². The topological polar surface area (TPSA) is 61.4 Å². The average Bonchev–Trinajstić information content (AvgIpc) is 2.80. The Kier molecular flexibility index (Phi) is 12.2. The van der Waals surface area contributed by atoms with Crippen molar-refractivity contribution >= 4 is 23.6 Å². The quantitative estimate of drug-likeness (QED) is 0.282. The fourth-order valence-electron chi connectivity index (χ4n) is 3.90. The molecule has 2 rings (SSSR count). The fraction of sp³-hybridized carbons (Fsp3) is 0.483. The summed E-state index contributed by atoms with van der Waals surface area (Å²) in [4.78, 5) is 13.4. The molecule has 186 valence electrons. The van der Waals surface area contributed by atoms with E-state index in [0.717, 1.165) is 30.5 Å². The predicted molar refractivity (Wildman–Crippen MR) is 144 cm³/mol. The third kappa shape index (κ3) is 10.8. The van der Waals surface area contributed by atoms with Gasteiger partial charge in [-0.2, -0.15) is 0 Å². The van der Waals surface area contributed by atoms with Crippen LogP contribution < -0.4 is 10.6 Å². The van der Waals surface area contributed by atoms with Crippen LogP contribution in [0.25, 0.3) is 6.08 Å². The van der Waals surface area contributed by atoms with Crippen LogP contribution in [0.2, 0.25) is 5.02 Å². The lowest BCUT2D eigenvalue weighted by Gasteiger charge is -2.24. The summed E-state index contributed by atoms with van der Waals surface area (Å²) in [6, 6.07) is 14.4. The molecule has 2 aromatic rings. The molecule has 2 aromatic carbocycles. The molecule has 0 unspecified atom stereocenters. The van der Waals surface area contributed by atoms with Crippen LogP contribution in [0.5, 0.6) is 5.75 Å². The van der Waals surface area contributed by atoms with Gasteiger partial charge in [0.05, 0.1) is 6.04 Å². The second-order valence-electron chi connectivity index (χ2n) is 9.73. The average molecular weight is 485 g/mol. The van der Waals surface area contributed by atoms with E-state index in [1.807, 2.05) is 42.5 Å². The summed E-state index contributed by atoms with van der Waals surface area (Å²) < 4.78 is 0. The normalized spacial score (nSPS) is 14.3. The van der Waals surface area contributed by atoms with Gasteiger partial charge in [-0.05, 0) is 73.0 Å². The predicted octanol–water partition coefficient (Wildman–Crippen LogP) is 6.62. The third-order valence-electron chi connectivity index (χ3n) is 5.90. The Bertz CT molecular complexity index is 878. The van der Waals surface area contributed by atoms with Gasteiger partial charge in [0.15, 0.2) is 0 Å². The molecule has 0 spiro atoms. The van der Waals surface area contributed by atoms with Crippen molar-refractivity contribution in [3.8, 4) is 5.75 Å². The van der Waals surface area contributed by atoms with Gasteiger partial charge in [-0.1, -0.05) is 88.6 Å². The Balaban J connectivity index is 2.12. The van der Waals surface area contributed by atoms with Crippen LogP contribution in [0.3, 0.4) is 0 Å². The molecular formula is C29H41ClN2O2. The highest BCUT2D eigenvalue weighted by Gasteiger charge is 2.22. The standard InChI is InChI=1S/C29H41ClN2O2/c1-5-6-7-22(4)20-31-28(19-24-11-16-27(33)17-12-24)29(34)32-26(18-21(2)3)15-10-23-8-13-25(30)14-9-23/h8-17,21-22,26,28,31,33H,5-7,18-20H2,1-4H3,(H,32,34)/b15-10+/t22-,26+,28-/m0/s1. The maximum atomic E-state index is 13.4. The zero-order valence-electron chi connectivity index (χ0n) is 21.1. The summed E-state index contributed by atoms with van der Waals surface area (Å²) in [7, 11) is 0. The number of carbonyl (C=O) groups excluding carboxylic acids is 1. The number of phenols is 1. The van der Waals surface area contributed by atoms with Gasteiger partial charge in [-0.25, -0.2) is 0 Å². The third-order valence-corrected chi connectivity index (χ3v) is 6.15. The van der Waals surface area contributed by atoms with Crippen LogP contribution in [0, 0.1) is 11.8 Å². The molecule has 0 aliphatic rings. The second kappa shape index (κ2) is 14.9. The number of amides is 1. The lowest BCUT2D eigenvalue weighted by atomic mass is 9.99. The number of halogens is 1. The summed E-state index contributed by atoms with van der Waals surface area (Å²) in [6.45, 7) is 9.56. The van der Waals surface area contributed by atoms with E-state index in [4.69, 9.17) is 11.6 Å². The van der Waals surface area contributed by atoms with Crippen molar-refractivity contribution < 1.29 is 9.90 Å². The minimum atomic E-state index is -0.341. The molecule has 0 heterocycles. The largest absolute Gasteiger partial charge is 0.508 e. The number of carbonyl (C=O) groups is 1. The monoisotopic (exact) mass is 484 g/mol. The van der Waals surface area contributed by atoms with E-state index in [9.17, 15) is 9.90 Å². The van der Waals surface area contributed by atoms with Crippen molar-refractivity contribution in [1.29, 1.82) is 0 Å². The Labute approximate surface area is 210 Å². The molecule has 0 fully saturated rings. The smallest absolute Gasteiger partial charge is 0.237 e. The second-order valence-corrected chi connectivity index (χ2v) is 10.2. The van der Waals surface area contributed by atoms with Gasteiger partial charge in [-0.3, -0.25) is 4.79 Å². The summed E-state index contributed by atoms with van der Waals surface area (Å²) in [5.74, 6) is 1.18. The number of phenolic OH excluding ortho intramolecular Hbond substituents is 1. The molecule has 3 N–H and O–H groups in total. The van der Waals surface area contributed by atoms with Crippen LogP contribution >= 0.6 is 11.6 Å². The van der Waals surface area contributed by atoms with E-state index in [0.29, 0.717) is 23.3 Å². The van der Waals surface area contributed by atoms with Gasteiger partial charge >= 0.3 is 0 Å². The van der Waals surface area contributed by atoms with E-state index in [-0.39, 0.29) is 23.7 Å². The van der Waals surface area contributed by atoms with Crippen molar-refractivity contribution in [1.82, 2.24) is 10.6 Å². The van der Waals surface area contributed by atoms with Crippen molar-refractivity contribution in [2.24, 2.45) is 11.8 Å². The first-order valence-corrected chi connectivity index (χ1v) is 12.9. The van der Waals surface area contributed by atoms with Crippen molar-refractivity contribution in [3.63, 3.8) is 0 Å². The van der Waals surface area contributed by atoms with E-state index < -0.39 is 0 Å². The maximum absolute atomic E-state index is 13.4. The van der Waals surface area contributed by atoms with E-state index >= 15 is 0 Å². The van der Waals surface area contributed by atoms with Gasteiger partial charge in [0.2, 0.25) is 5.91 Å². The van der Waals surface area contributed by atoms with Crippen molar-refractivity contribution in [2.75, 3.05) is 6.54 Å². The van der Waals surface area contributed by atoms with Gasteiger partial charge in [0.1, 0.15) is 5.75 Å². The van der Waals surface area contributed by atoms with Crippen LogP contribution in [0.15, 0.2) is 54.6 Å². The van der Waals surface area contributed by atoms with E-state index in [1.54, 1.807) is 12.1 Å². The Morgan fingerprint density at radius 2 is 1.74 bits per heavy atom. The highest BCUT2D eigenvalue weighted by atomic mass is 35.5. The number of hydrogen-bond acceptors (Lipinski definition) is 3. The van der Waals surface area contributed by atoms with Crippen LogP contribution in [-0.2, 0) is 11.2 Å². The van der Waals surface area contributed by atoms with Crippen LogP contribution in [-0.4, -0.2) is 29.6 Å². The lowest BCUT2D eigenvalue weighted by molar-refractivity contribution is -0.123. The number of aromatic hydroxyl groups is 1. The number of hydrogen-bond donors (Lipinski definition) is 3. The van der Waals surface area contributed by atoms with Crippen molar-refractivity contribution in [2.45, 2.75) is 71.9 Å². The number of rotatable bonds is 14. The maximum Gasteiger partial charge on any atom is 0.237 e. The number of benzene rings is 2. The first-order valence-electron chi connectivity index (χ1n) is 12.5. The molecule has 0 saturated carbocycles. The van der Waals surface area contributed by atoms with Crippen LogP contribution in [0.4, 0.5) is 0 Å². The molecule has 3 atom stereocenters. The molecule has 0 aromatic heterocycles. The summed E-state index contributed by atoms with van der Waals surface area (Å²) in [5, 5.41) is 17.1. The Morgan fingerprint density at radius 3 is 2.35 bits per heavy atom. The molecule has 5 heteroatoms. The minimum absolute atomic E-state index is 0.00201. The minimum Gasteiger partial charge on any atom is -0.508 e. The molecule has 0 aliphatic carbocycles. The fourth-order valence-corrected chi connectivity index (χ4v) is 4.03. The Morgan fingerprint density at radius 1 is 1.06 bits per heavy atom. The highest BCUT2D eigenvalue weighted by molar-refractivity contribution is 6.30. The summed E-state index contributed by atoms with van der Waals surface area (Å²) >= 11 is 6.00. The first-order chi connectivity index (χ1) is 16.3. The molecular weight excluding hydrogens is 444 g/mol. The van der Waals surface area contributed by atoms with E-state index in [2.05, 4.69) is 44.4 Å². The van der Waals surface area contributed by atoms with Gasteiger partial charge < -0.3 is 15.7 Å². The number of nitrogens with one attached hydrogen (secondary N) is 2. The van der Waals surface area contributed by atoms with Crippen molar-refractivity contribution in [3.05, 3.63) is 70.8 Å². The highest BCUT2D eigenvalue weighted by Crippen LogP contribution is 2.15. The zero-order chi connectivity index (χ0) is 24.9. The lowest BCUT2D eigenvalue weighted by Crippen LogP contribution is -2.49. The molecule has 0 aliphatic heterocycles. The van der Waals surface area contributed by atoms with Gasteiger partial charge in [0.25, 0.3) is 0 Å². The summed E-state index contributed by atoms with van der Waals surface area (Å²) in [6.07, 6.45) is 9.07. The van der Waals surface area contributed by atoms with Gasteiger partial charge in [0, 0.05) is 11.1 Å². The summed E-state index contributed by atoms with van der Waals surface area (Å²) in [5.41, 5.74) is 2.07. The molecule has 4 nitrogen and oxygen atoms in total. The van der Waals surface area contributed by atoms with Crippen LogP contribution in [0.1, 0.15) is 64.5 Å². The molecule has 0 bridgehead atoms. The SMILES string of the molecule is CCCC[C@H](C)CN[C@@H](Cc1ccc(O)cc1)C(=O)N[C@H](/C=C/c1ccc(Cl)cc1)CC(C)C. The number of unbranched alkanes of at least 4 members (excludes halogenated alkanes) is 1. The van der Waals surface area contributed by atoms with E-state index in [1.165, 1.54) is 12.8 Å². The Hall–Kier alpha value is -2.30. The zero-order valence-corrected chi connectivity index (χ0v) is 21.8.